The van der Waals surface area contributed by atoms with E-state index in [0.29, 0.717) is 32.0 Å². The number of hydrogen-bond donors (Lipinski definition) is 0. The third-order valence-electron chi connectivity index (χ3n) is 7.17. The van der Waals surface area contributed by atoms with Gasteiger partial charge in [-0.05, 0) is 26.0 Å². The van der Waals surface area contributed by atoms with Crippen LogP contribution < -0.4 is 9.80 Å². The first-order chi connectivity index (χ1) is 16.1. The second-order valence-electron chi connectivity index (χ2n) is 10.1. The van der Waals surface area contributed by atoms with Crippen LogP contribution in [0.1, 0.15) is 45.4 Å². The van der Waals surface area contributed by atoms with E-state index in [4.69, 9.17) is 0 Å². The lowest BCUT2D eigenvalue weighted by Gasteiger charge is -2.46. The number of hydrogen-bond acceptors (Lipinski definition) is 8. The number of rotatable bonds is 3. The molecule has 10 heteroatoms. The van der Waals surface area contributed by atoms with Crippen LogP contribution in [0.3, 0.4) is 0 Å². The lowest BCUT2D eigenvalue weighted by molar-refractivity contribution is -0.136. The molecule has 3 aliphatic rings. The molecule has 5 heterocycles. The van der Waals surface area contributed by atoms with Crippen LogP contribution in [0, 0.1) is 17.1 Å². The Morgan fingerprint density at radius 2 is 1.97 bits per heavy atom. The van der Waals surface area contributed by atoms with Crippen molar-refractivity contribution in [2.24, 2.45) is 0 Å². The number of anilines is 3. The molecule has 1 amide bonds. The predicted octanol–water partition coefficient (Wildman–Crippen LogP) is 3.24. The molecule has 2 unspecified atom stereocenters. The van der Waals surface area contributed by atoms with Gasteiger partial charge in [-0.25, -0.2) is 19.3 Å². The molecule has 0 spiro atoms. The van der Waals surface area contributed by atoms with Crippen LogP contribution in [0.5, 0.6) is 0 Å². The molecule has 5 rings (SSSR count). The van der Waals surface area contributed by atoms with Crippen molar-refractivity contribution >= 4 is 35.0 Å². The summed E-state index contributed by atoms with van der Waals surface area (Å²) < 4.78 is 14.5. The maximum Gasteiger partial charge on any atom is 0.238 e. The van der Waals surface area contributed by atoms with Gasteiger partial charge in [0.1, 0.15) is 29.7 Å². The van der Waals surface area contributed by atoms with Gasteiger partial charge in [0.25, 0.3) is 0 Å². The molecule has 8 nitrogen and oxygen atoms in total. The highest BCUT2D eigenvalue weighted by Crippen LogP contribution is 2.47. The molecule has 2 saturated heterocycles. The fourth-order valence-corrected chi connectivity index (χ4v) is 6.25. The third kappa shape index (κ3) is 3.57. The minimum absolute atomic E-state index is 0.0568. The summed E-state index contributed by atoms with van der Waals surface area (Å²) >= 11 is 1.74. The fraction of sp³-hybridized carbons (Fsp3) is 0.542. The van der Waals surface area contributed by atoms with Crippen LogP contribution in [0.2, 0.25) is 0 Å². The number of halogens is 1. The first kappa shape index (κ1) is 22.8. The minimum Gasteiger partial charge on any atom is -0.352 e. The molecule has 0 aliphatic carbocycles. The van der Waals surface area contributed by atoms with Crippen molar-refractivity contribution < 1.29 is 9.18 Å². The van der Waals surface area contributed by atoms with Crippen molar-refractivity contribution in [1.82, 2.24) is 19.9 Å². The van der Waals surface area contributed by atoms with Crippen LogP contribution in [0.4, 0.5) is 21.7 Å². The second-order valence-corrected chi connectivity index (χ2v) is 11.7. The molecule has 0 bridgehead atoms. The SMILES string of the molecule is CC1CN(c2ncnc3c2C(C)(C)CN3c2cc(C#N)ncc2F)CCN1C(=O)C1(C)CCS1. The number of piperazine rings is 1. The number of carbonyl (C=O) groups is 1. The zero-order valence-electron chi connectivity index (χ0n) is 19.9. The Morgan fingerprint density at radius 1 is 1.24 bits per heavy atom. The summed E-state index contributed by atoms with van der Waals surface area (Å²) in [6.07, 6.45) is 3.53. The Labute approximate surface area is 203 Å². The number of carbonyl (C=O) groups excluding carboxylic acids is 1. The van der Waals surface area contributed by atoms with E-state index in [9.17, 15) is 14.4 Å². The van der Waals surface area contributed by atoms with Gasteiger partial charge < -0.3 is 14.7 Å². The Hall–Kier alpha value is -2.93. The van der Waals surface area contributed by atoms with Gasteiger partial charge in [-0.15, -0.1) is 11.8 Å². The number of pyridine rings is 1. The molecule has 34 heavy (non-hydrogen) atoms. The van der Waals surface area contributed by atoms with Gasteiger partial charge in [-0.2, -0.15) is 5.26 Å². The summed E-state index contributed by atoms with van der Waals surface area (Å²) in [4.78, 5) is 32.2. The van der Waals surface area contributed by atoms with Gasteiger partial charge >= 0.3 is 0 Å². The van der Waals surface area contributed by atoms with E-state index >= 15 is 0 Å². The maximum atomic E-state index is 14.8. The number of thioether (sulfide) groups is 1. The largest absolute Gasteiger partial charge is 0.352 e. The Kier molecular flexibility index (Phi) is 5.43. The van der Waals surface area contributed by atoms with Gasteiger partial charge in [0.05, 0.1) is 16.6 Å². The average molecular weight is 482 g/mol. The number of aromatic nitrogens is 3. The average Bonchev–Trinajstić information content (AvgIpc) is 3.08. The van der Waals surface area contributed by atoms with E-state index in [1.807, 2.05) is 22.8 Å². The smallest absolute Gasteiger partial charge is 0.238 e. The summed E-state index contributed by atoms with van der Waals surface area (Å²) in [5.41, 5.74) is 1.06. The monoisotopic (exact) mass is 481 g/mol. The third-order valence-corrected chi connectivity index (χ3v) is 8.60. The molecule has 3 aliphatic heterocycles. The van der Waals surface area contributed by atoms with Gasteiger partial charge in [0.2, 0.25) is 5.91 Å². The van der Waals surface area contributed by atoms with Crippen molar-refractivity contribution in [1.29, 1.82) is 5.26 Å². The highest BCUT2D eigenvalue weighted by molar-refractivity contribution is 8.02. The lowest BCUT2D eigenvalue weighted by atomic mass is 9.87. The van der Waals surface area contributed by atoms with E-state index in [-0.39, 0.29) is 33.5 Å². The molecular formula is C24H28FN7OS. The normalized spacial score (nSPS) is 25.5. The van der Waals surface area contributed by atoms with Crippen molar-refractivity contribution in [2.45, 2.75) is 50.3 Å². The Balaban J connectivity index is 1.46. The standard InChI is InChI=1S/C24H28FN7OS/c1-15-12-30(6-7-31(15)22(33)24(4)5-8-34-24)20-19-21(29-14-28-20)32(13-23(19,2)3)18-9-16(10-26)27-11-17(18)25/h9,11,14-15H,5-8,12-13H2,1-4H3. The van der Waals surface area contributed by atoms with E-state index < -0.39 is 5.82 Å². The van der Waals surface area contributed by atoms with Gasteiger partial charge in [0.15, 0.2) is 5.82 Å². The van der Waals surface area contributed by atoms with Gasteiger partial charge in [0, 0.05) is 49.3 Å². The molecule has 2 atom stereocenters. The first-order valence-electron chi connectivity index (χ1n) is 11.5. The van der Waals surface area contributed by atoms with Crippen LogP contribution >= 0.6 is 11.8 Å². The molecule has 0 saturated carbocycles. The molecule has 178 valence electrons. The van der Waals surface area contributed by atoms with Crippen molar-refractivity contribution in [3.05, 3.63) is 35.7 Å². The van der Waals surface area contributed by atoms with Crippen molar-refractivity contribution in [3.8, 4) is 6.07 Å². The number of nitrogens with zero attached hydrogens (tertiary/aromatic N) is 7. The van der Waals surface area contributed by atoms with Crippen LogP contribution in [-0.2, 0) is 10.2 Å². The highest BCUT2D eigenvalue weighted by Gasteiger charge is 2.46. The molecular weight excluding hydrogens is 453 g/mol. The van der Waals surface area contributed by atoms with Crippen LogP contribution in [0.15, 0.2) is 18.6 Å². The maximum absolute atomic E-state index is 14.8. The molecule has 0 aromatic carbocycles. The fourth-order valence-electron chi connectivity index (χ4n) is 5.19. The van der Waals surface area contributed by atoms with E-state index in [1.165, 1.54) is 12.4 Å². The predicted molar refractivity (Wildman–Crippen MR) is 130 cm³/mol. The number of nitriles is 1. The van der Waals surface area contributed by atoms with Crippen molar-refractivity contribution in [3.63, 3.8) is 0 Å². The zero-order chi connectivity index (χ0) is 24.3. The summed E-state index contributed by atoms with van der Waals surface area (Å²) in [6, 6.07) is 3.51. The van der Waals surface area contributed by atoms with E-state index in [2.05, 4.69) is 40.6 Å². The van der Waals surface area contributed by atoms with Gasteiger partial charge in [-0.1, -0.05) is 13.8 Å². The zero-order valence-corrected chi connectivity index (χ0v) is 20.7. The molecule has 0 N–H and O–H groups in total. The molecule has 2 aromatic heterocycles. The number of amides is 1. The van der Waals surface area contributed by atoms with E-state index in [1.54, 1.807) is 11.8 Å². The minimum atomic E-state index is -0.495. The lowest BCUT2D eigenvalue weighted by Crippen LogP contribution is -2.60. The highest BCUT2D eigenvalue weighted by atomic mass is 32.2. The van der Waals surface area contributed by atoms with E-state index in [0.717, 1.165) is 29.8 Å². The second kappa shape index (κ2) is 8.08. The summed E-state index contributed by atoms with van der Waals surface area (Å²) in [6.45, 7) is 10.8. The summed E-state index contributed by atoms with van der Waals surface area (Å²) in [7, 11) is 0. The molecule has 2 aromatic rings. The van der Waals surface area contributed by atoms with Crippen LogP contribution in [0.25, 0.3) is 0 Å². The number of fused-ring (bicyclic) bond motifs is 1. The summed E-state index contributed by atoms with van der Waals surface area (Å²) in [5, 5.41) is 9.25. The first-order valence-corrected chi connectivity index (χ1v) is 12.5. The Bertz CT molecular complexity index is 1190. The molecule has 0 radical (unpaired) electrons. The summed E-state index contributed by atoms with van der Waals surface area (Å²) in [5.74, 6) is 2.26. The topological polar surface area (TPSA) is 89.2 Å². The van der Waals surface area contributed by atoms with Crippen LogP contribution in [-0.4, -0.2) is 68.5 Å². The quantitative estimate of drug-likeness (QED) is 0.660. The molecule has 2 fully saturated rings. The van der Waals surface area contributed by atoms with Gasteiger partial charge in [-0.3, -0.25) is 4.79 Å². The van der Waals surface area contributed by atoms with Crippen molar-refractivity contribution in [2.75, 3.05) is 41.7 Å². The Morgan fingerprint density at radius 3 is 2.62 bits per heavy atom.